The van der Waals surface area contributed by atoms with Gasteiger partial charge in [-0.25, -0.2) is 8.42 Å². The molecule has 0 aliphatic carbocycles. The summed E-state index contributed by atoms with van der Waals surface area (Å²) < 4.78 is 33.0. The molecule has 0 aromatic heterocycles. The molecule has 0 heterocycles. The highest BCUT2D eigenvalue weighted by atomic mass is 35.5. The zero-order chi connectivity index (χ0) is 22.6. The second-order valence-corrected chi connectivity index (χ2v) is 9.33. The molecule has 0 atom stereocenters. The fraction of sp³-hybridized carbons (Fsp3) is 0.174. The smallest absolute Gasteiger partial charge is 0.264 e. The molecule has 0 saturated heterocycles. The Labute approximate surface area is 187 Å². The molecule has 0 aliphatic heterocycles. The number of aryl methyl sites for hydroxylation is 2. The van der Waals surface area contributed by atoms with E-state index in [-0.39, 0.29) is 4.90 Å². The van der Waals surface area contributed by atoms with Crippen molar-refractivity contribution in [3.63, 3.8) is 0 Å². The summed E-state index contributed by atoms with van der Waals surface area (Å²) in [6, 6.07) is 18.1. The summed E-state index contributed by atoms with van der Waals surface area (Å²) in [5, 5.41) is 3.22. The van der Waals surface area contributed by atoms with Crippen molar-refractivity contribution in [1.29, 1.82) is 0 Å². The molecule has 0 bridgehead atoms. The number of halogens is 1. The predicted molar refractivity (Wildman–Crippen MR) is 124 cm³/mol. The number of hydrogen-bond acceptors (Lipinski definition) is 4. The quantitative estimate of drug-likeness (QED) is 0.551. The highest BCUT2D eigenvalue weighted by Crippen LogP contribution is 2.27. The van der Waals surface area contributed by atoms with E-state index in [4.69, 9.17) is 16.3 Å². The van der Waals surface area contributed by atoms with E-state index in [1.807, 2.05) is 13.8 Å². The third-order valence-corrected chi connectivity index (χ3v) is 6.75. The molecule has 0 unspecified atom stereocenters. The minimum atomic E-state index is -3.99. The molecule has 0 spiro atoms. The lowest BCUT2D eigenvalue weighted by atomic mass is 10.2. The van der Waals surface area contributed by atoms with E-state index in [1.54, 1.807) is 54.6 Å². The molecule has 3 aromatic carbocycles. The van der Waals surface area contributed by atoms with Crippen LogP contribution in [0.3, 0.4) is 0 Å². The van der Waals surface area contributed by atoms with Gasteiger partial charge < -0.3 is 10.1 Å². The van der Waals surface area contributed by atoms with Crippen LogP contribution in [0.1, 0.15) is 11.1 Å². The summed E-state index contributed by atoms with van der Waals surface area (Å²) in [5.41, 5.74) is 2.62. The van der Waals surface area contributed by atoms with Crippen LogP contribution in [0.25, 0.3) is 0 Å². The van der Waals surface area contributed by atoms with E-state index in [2.05, 4.69) is 5.32 Å². The summed E-state index contributed by atoms with van der Waals surface area (Å²) in [7, 11) is -2.47. The van der Waals surface area contributed by atoms with Gasteiger partial charge in [-0.3, -0.25) is 9.10 Å². The fourth-order valence-corrected chi connectivity index (χ4v) is 4.54. The Balaban J connectivity index is 1.96. The van der Waals surface area contributed by atoms with E-state index in [0.717, 1.165) is 15.4 Å². The van der Waals surface area contributed by atoms with Crippen molar-refractivity contribution >= 4 is 38.9 Å². The number of anilines is 2. The summed E-state index contributed by atoms with van der Waals surface area (Å²) >= 11 is 6.03. The van der Waals surface area contributed by atoms with Crippen molar-refractivity contribution in [3.05, 3.63) is 82.9 Å². The number of sulfonamides is 1. The number of nitrogens with zero attached hydrogens (tertiary/aromatic N) is 1. The first kappa shape index (κ1) is 22.7. The lowest BCUT2D eigenvalue weighted by molar-refractivity contribution is -0.114. The van der Waals surface area contributed by atoms with Gasteiger partial charge in [0.25, 0.3) is 10.0 Å². The van der Waals surface area contributed by atoms with Crippen LogP contribution in [0.2, 0.25) is 5.02 Å². The number of amides is 1. The van der Waals surface area contributed by atoms with Crippen molar-refractivity contribution in [1.82, 2.24) is 0 Å². The number of hydrogen-bond donors (Lipinski definition) is 1. The number of carbonyl (C=O) groups is 1. The molecule has 0 aliphatic rings. The van der Waals surface area contributed by atoms with Crippen molar-refractivity contribution in [3.8, 4) is 5.75 Å². The van der Waals surface area contributed by atoms with E-state index in [9.17, 15) is 13.2 Å². The topological polar surface area (TPSA) is 75.7 Å². The Kier molecular flexibility index (Phi) is 6.87. The van der Waals surface area contributed by atoms with Gasteiger partial charge in [0.05, 0.1) is 17.7 Å². The molecular weight excluding hydrogens is 436 g/mol. The van der Waals surface area contributed by atoms with E-state index < -0.39 is 22.5 Å². The van der Waals surface area contributed by atoms with Gasteiger partial charge in [-0.2, -0.15) is 0 Å². The van der Waals surface area contributed by atoms with Gasteiger partial charge in [-0.1, -0.05) is 35.4 Å². The van der Waals surface area contributed by atoms with Gasteiger partial charge in [0.1, 0.15) is 12.3 Å². The lowest BCUT2D eigenvalue weighted by Gasteiger charge is -2.24. The van der Waals surface area contributed by atoms with E-state index >= 15 is 0 Å². The maximum absolute atomic E-state index is 13.4. The molecular formula is C23H23ClN2O4S. The van der Waals surface area contributed by atoms with Crippen LogP contribution >= 0.6 is 11.6 Å². The number of carbonyl (C=O) groups excluding carboxylic acids is 1. The highest BCUT2D eigenvalue weighted by Gasteiger charge is 2.27. The lowest BCUT2D eigenvalue weighted by Crippen LogP contribution is -2.38. The Morgan fingerprint density at radius 1 is 1.00 bits per heavy atom. The Morgan fingerprint density at radius 2 is 1.65 bits per heavy atom. The summed E-state index contributed by atoms with van der Waals surface area (Å²) in [6.45, 7) is 3.29. The van der Waals surface area contributed by atoms with Crippen LogP contribution in [0, 0.1) is 13.8 Å². The number of benzene rings is 3. The van der Waals surface area contributed by atoms with Crippen LogP contribution in [-0.4, -0.2) is 28.0 Å². The third kappa shape index (κ3) is 5.37. The average Bonchev–Trinajstić information content (AvgIpc) is 2.75. The van der Waals surface area contributed by atoms with Crippen molar-refractivity contribution in [2.45, 2.75) is 18.7 Å². The monoisotopic (exact) mass is 458 g/mol. The molecule has 3 aromatic rings. The second-order valence-electron chi connectivity index (χ2n) is 7.03. The second kappa shape index (κ2) is 9.41. The van der Waals surface area contributed by atoms with Crippen LogP contribution in [0.4, 0.5) is 11.4 Å². The van der Waals surface area contributed by atoms with E-state index in [1.165, 1.54) is 19.2 Å². The van der Waals surface area contributed by atoms with Crippen LogP contribution in [0.15, 0.2) is 71.6 Å². The third-order valence-electron chi connectivity index (χ3n) is 4.73. The van der Waals surface area contributed by atoms with Gasteiger partial charge in [0, 0.05) is 10.7 Å². The Bertz CT molecular complexity index is 1180. The zero-order valence-corrected chi connectivity index (χ0v) is 19.0. The first-order chi connectivity index (χ1) is 14.7. The predicted octanol–water partition coefficient (Wildman–Crippen LogP) is 4.80. The van der Waals surface area contributed by atoms with Crippen LogP contribution in [-0.2, 0) is 14.8 Å². The normalized spacial score (nSPS) is 11.1. The highest BCUT2D eigenvalue weighted by molar-refractivity contribution is 7.92. The minimum absolute atomic E-state index is 0.0978. The number of rotatable bonds is 7. The molecule has 0 saturated carbocycles. The van der Waals surface area contributed by atoms with Crippen LogP contribution < -0.4 is 14.4 Å². The molecule has 0 radical (unpaired) electrons. The zero-order valence-electron chi connectivity index (χ0n) is 17.4. The molecule has 3 rings (SSSR count). The van der Waals surface area contributed by atoms with E-state index in [0.29, 0.717) is 22.1 Å². The maximum atomic E-state index is 13.4. The average molecular weight is 459 g/mol. The van der Waals surface area contributed by atoms with Gasteiger partial charge in [-0.15, -0.1) is 0 Å². The molecule has 162 valence electrons. The summed E-state index contributed by atoms with van der Waals surface area (Å²) in [6.07, 6.45) is 0. The molecule has 31 heavy (non-hydrogen) atoms. The Hall–Kier alpha value is -3.03. The van der Waals surface area contributed by atoms with Crippen molar-refractivity contribution < 1.29 is 17.9 Å². The number of ether oxygens (including phenoxy) is 1. The fourth-order valence-electron chi connectivity index (χ4n) is 2.95. The van der Waals surface area contributed by atoms with Crippen molar-refractivity contribution in [2.75, 3.05) is 23.3 Å². The molecule has 8 heteroatoms. The molecule has 6 nitrogen and oxygen atoms in total. The summed E-state index contributed by atoms with van der Waals surface area (Å²) in [4.78, 5) is 12.9. The summed E-state index contributed by atoms with van der Waals surface area (Å²) in [5.74, 6) is 0.0901. The van der Waals surface area contributed by atoms with Gasteiger partial charge in [0.2, 0.25) is 5.91 Å². The molecule has 1 N–H and O–H groups in total. The van der Waals surface area contributed by atoms with Crippen molar-refractivity contribution in [2.24, 2.45) is 0 Å². The van der Waals surface area contributed by atoms with Crippen LogP contribution in [0.5, 0.6) is 5.75 Å². The van der Waals surface area contributed by atoms with Gasteiger partial charge in [0.15, 0.2) is 0 Å². The maximum Gasteiger partial charge on any atom is 0.264 e. The minimum Gasteiger partial charge on any atom is -0.497 e. The molecule has 0 fully saturated rings. The van der Waals surface area contributed by atoms with Gasteiger partial charge in [-0.05, 0) is 67.9 Å². The standard InChI is InChI=1S/C23H23ClN2O4S/c1-16-4-12-21(13-5-16)31(28,29)26(19-8-10-20(30-3)11-9-19)15-23(27)25-22-14-18(24)7-6-17(22)2/h4-14H,15H2,1-3H3,(H,25,27). The number of nitrogens with one attached hydrogen (secondary N) is 1. The first-order valence-electron chi connectivity index (χ1n) is 9.50. The largest absolute Gasteiger partial charge is 0.497 e. The SMILES string of the molecule is COc1ccc(N(CC(=O)Nc2cc(Cl)ccc2C)S(=O)(=O)c2ccc(C)cc2)cc1. The molecule has 1 amide bonds. The first-order valence-corrected chi connectivity index (χ1v) is 11.3. The number of methoxy groups -OCH3 is 1. The Morgan fingerprint density at radius 3 is 2.26 bits per heavy atom. The van der Waals surface area contributed by atoms with Gasteiger partial charge >= 0.3 is 0 Å².